The monoisotopic (exact) mass is 290 g/mol. The van der Waals surface area contributed by atoms with E-state index in [4.69, 9.17) is 10.7 Å². The van der Waals surface area contributed by atoms with Gasteiger partial charge in [0.1, 0.15) is 5.01 Å². The first kappa shape index (κ1) is 13.2. The van der Waals surface area contributed by atoms with Gasteiger partial charge in [0.15, 0.2) is 0 Å². The number of thiazole rings is 1. The Balaban J connectivity index is 1.71. The van der Waals surface area contributed by atoms with Gasteiger partial charge in [0.05, 0.1) is 11.4 Å². The number of hydrogen-bond donors (Lipinski definition) is 1. The highest BCUT2D eigenvalue weighted by Gasteiger charge is 2.21. The van der Waals surface area contributed by atoms with Gasteiger partial charge in [-0.3, -0.25) is 0 Å². The Morgan fingerprint density at radius 3 is 3.16 bits per heavy atom. The molecule has 19 heavy (non-hydrogen) atoms. The van der Waals surface area contributed by atoms with Crippen LogP contribution in [-0.4, -0.2) is 4.98 Å². The number of nitrogens with two attached hydrogens (primary N) is 1. The Hall–Kier alpha value is -0.840. The molecule has 1 atom stereocenters. The molecule has 0 aliphatic heterocycles. The van der Waals surface area contributed by atoms with E-state index >= 15 is 0 Å². The predicted molar refractivity (Wildman–Crippen MR) is 82.7 cm³/mol. The van der Waals surface area contributed by atoms with Crippen LogP contribution in [0, 0.1) is 6.92 Å². The summed E-state index contributed by atoms with van der Waals surface area (Å²) in [5.41, 5.74) is 8.60. The first-order valence-corrected chi connectivity index (χ1v) is 8.46. The number of aryl methyl sites for hydroxylation is 2. The molecule has 0 fully saturated rings. The van der Waals surface area contributed by atoms with E-state index in [-0.39, 0.29) is 6.04 Å². The second kappa shape index (κ2) is 5.65. The molecular formula is C15H18N2S2. The van der Waals surface area contributed by atoms with Crippen LogP contribution in [0.25, 0.3) is 0 Å². The number of hydrogen-bond acceptors (Lipinski definition) is 4. The lowest BCUT2D eigenvalue weighted by molar-refractivity contribution is 0.563. The molecule has 0 bridgehead atoms. The standard InChI is InChI=1S/C15H18N2S2/c1-10-4-2-5-11(8-10)18-9-14-17-15-12(16)6-3-7-13(15)19-14/h2,4-5,8,12H,3,6-7,9,16H2,1H3. The summed E-state index contributed by atoms with van der Waals surface area (Å²) in [5.74, 6) is 0.952. The molecule has 2 nitrogen and oxygen atoms in total. The Bertz CT molecular complexity index is 577. The average molecular weight is 290 g/mol. The lowest BCUT2D eigenvalue weighted by Gasteiger charge is -2.15. The lowest BCUT2D eigenvalue weighted by atomic mass is 9.99. The molecule has 0 saturated heterocycles. The maximum absolute atomic E-state index is 6.12. The Morgan fingerprint density at radius 2 is 2.37 bits per heavy atom. The smallest absolute Gasteiger partial charge is 0.103 e. The van der Waals surface area contributed by atoms with Crippen molar-refractivity contribution in [2.75, 3.05) is 0 Å². The molecular weight excluding hydrogens is 272 g/mol. The number of thioether (sulfide) groups is 1. The van der Waals surface area contributed by atoms with E-state index in [9.17, 15) is 0 Å². The lowest BCUT2D eigenvalue weighted by Crippen LogP contribution is -2.16. The van der Waals surface area contributed by atoms with Crippen molar-refractivity contribution >= 4 is 23.1 Å². The predicted octanol–water partition coefficient (Wildman–Crippen LogP) is 4.08. The second-order valence-electron chi connectivity index (χ2n) is 5.02. The minimum atomic E-state index is 0.165. The number of nitrogens with zero attached hydrogens (tertiary/aromatic N) is 1. The SMILES string of the molecule is Cc1cccc(SCc2nc3c(s2)CCCC3N)c1. The molecule has 0 spiro atoms. The molecule has 1 heterocycles. The first-order valence-electron chi connectivity index (χ1n) is 6.66. The minimum Gasteiger partial charge on any atom is -0.323 e. The van der Waals surface area contributed by atoms with Gasteiger partial charge in [-0.05, 0) is 38.3 Å². The van der Waals surface area contributed by atoms with E-state index in [0.29, 0.717) is 0 Å². The van der Waals surface area contributed by atoms with Gasteiger partial charge in [-0.1, -0.05) is 17.7 Å². The number of aromatic nitrogens is 1. The fourth-order valence-electron chi connectivity index (χ4n) is 2.41. The van der Waals surface area contributed by atoms with Crippen molar-refractivity contribution in [2.45, 2.75) is 42.9 Å². The molecule has 2 N–H and O–H groups in total. The summed E-state index contributed by atoms with van der Waals surface area (Å²) in [6.07, 6.45) is 3.46. The highest BCUT2D eigenvalue weighted by atomic mass is 32.2. The summed E-state index contributed by atoms with van der Waals surface area (Å²) in [6.45, 7) is 2.13. The minimum absolute atomic E-state index is 0.165. The van der Waals surface area contributed by atoms with Crippen molar-refractivity contribution < 1.29 is 0 Å². The second-order valence-corrected chi connectivity index (χ2v) is 7.24. The van der Waals surface area contributed by atoms with E-state index in [1.165, 1.54) is 26.8 Å². The Kier molecular flexibility index (Phi) is 3.91. The summed E-state index contributed by atoms with van der Waals surface area (Å²) in [4.78, 5) is 7.47. The van der Waals surface area contributed by atoms with Gasteiger partial charge in [0.2, 0.25) is 0 Å². The van der Waals surface area contributed by atoms with E-state index in [1.54, 1.807) is 0 Å². The van der Waals surface area contributed by atoms with Gasteiger partial charge in [0.25, 0.3) is 0 Å². The Morgan fingerprint density at radius 1 is 1.47 bits per heavy atom. The zero-order valence-electron chi connectivity index (χ0n) is 11.1. The maximum atomic E-state index is 6.12. The van der Waals surface area contributed by atoms with E-state index in [1.807, 2.05) is 23.1 Å². The van der Waals surface area contributed by atoms with Crippen LogP contribution >= 0.6 is 23.1 Å². The van der Waals surface area contributed by atoms with E-state index < -0.39 is 0 Å². The molecule has 0 radical (unpaired) electrons. The molecule has 2 aromatic rings. The molecule has 4 heteroatoms. The normalized spacial score (nSPS) is 18.3. The molecule has 1 aliphatic carbocycles. The largest absolute Gasteiger partial charge is 0.323 e. The number of benzene rings is 1. The van der Waals surface area contributed by atoms with Gasteiger partial charge >= 0.3 is 0 Å². The van der Waals surface area contributed by atoms with Gasteiger partial charge in [-0.15, -0.1) is 23.1 Å². The third kappa shape index (κ3) is 3.02. The summed E-state index contributed by atoms with van der Waals surface area (Å²) in [5, 5.41) is 1.22. The van der Waals surface area contributed by atoms with Crippen LogP contribution in [0.5, 0.6) is 0 Å². The summed E-state index contributed by atoms with van der Waals surface area (Å²) in [6, 6.07) is 8.80. The van der Waals surface area contributed by atoms with Crippen molar-refractivity contribution in [3.05, 3.63) is 45.4 Å². The molecule has 0 amide bonds. The third-order valence-electron chi connectivity index (χ3n) is 3.39. The van der Waals surface area contributed by atoms with Crippen LogP contribution < -0.4 is 5.73 Å². The fourth-order valence-corrected chi connectivity index (χ4v) is 4.60. The highest BCUT2D eigenvalue weighted by Crippen LogP contribution is 2.34. The van der Waals surface area contributed by atoms with Crippen molar-refractivity contribution in [3.8, 4) is 0 Å². The van der Waals surface area contributed by atoms with Crippen LogP contribution in [0.15, 0.2) is 29.2 Å². The van der Waals surface area contributed by atoms with Gasteiger partial charge in [0, 0.05) is 15.8 Å². The van der Waals surface area contributed by atoms with Crippen molar-refractivity contribution in [2.24, 2.45) is 5.73 Å². The van der Waals surface area contributed by atoms with Gasteiger partial charge in [-0.2, -0.15) is 0 Å². The van der Waals surface area contributed by atoms with Crippen LogP contribution in [0.2, 0.25) is 0 Å². The first-order chi connectivity index (χ1) is 9.22. The molecule has 1 aromatic carbocycles. The zero-order valence-corrected chi connectivity index (χ0v) is 12.7. The Labute approximate surface area is 122 Å². The molecule has 0 saturated carbocycles. The number of fused-ring (bicyclic) bond motifs is 1. The van der Waals surface area contributed by atoms with Crippen molar-refractivity contribution in [1.82, 2.24) is 4.98 Å². The van der Waals surface area contributed by atoms with Crippen molar-refractivity contribution in [1.29, 1.82) is 0 Å². The number of rotatable bonds is 3. The molecule has 100 valence electrons. The van der Waals surface area contributed by atoms with Crippen molar-refractivity contribution in [3.63, 3.8) is 0 Å². The fraction of sp³-hybridized carbons (Fsp3) is 0.400. The molecule has 1 unspecified atom stereocenters. The van der Waals surface area contributed by atoms with E-state index in [0.717, 1.165) is 24.3 Å². The highest BCUT2D eigenvalue weighted by molar-refractivity contribution is 7.98. The van der Waals surface area contributed by atoms with Crippen LogP contribution in [0.4, 0.5) is 0 Å². The summed E-state index contributed by atoms with van der Waals surface area (Å²) >= 11 is 3.71. The summed E-state index contributed by atoms with van der Waals surface area (Å²) in [7, 11) is 0. The van der Waals surface area contributed by atoms with Crippen LogP contribution in [0.1, 0.15) is 40.0 Å². The average Bonchev–Trinajstić information content (AvgIpc) is 2.81. The zero-order chi connectivity index (χ0) is 13.2. The van der Waals surface area contributed by atoms with Crippen LogP contribution in [0.3, 0.4) is 0 Å². The van der Waals surface area contributed by atoms with Crippen LogP contribution in [-0.2, 0) is 12.2 Å². The quantitative estimate of drug-likeness (QED) is 0.866. The van der Waals surface area contributed by atoms with Gasteiger partial charge < -0.3 is 5.73 Å². The topological polar surface area (TPSA) is 38.9 Å². The molecule has 1 aliphatic rings. The summed E-state index contributed by atoms with van der Waals surface area (Å²) < 4.78 is 0. The third-order valence-corrected chi connectivity index (χ3v) is 5.71. The van der Waals surface area contributed by atoms with Gasteiger partial charge in [-0.25, -0.2) is 4.98 Å². The maximum Gasteiger partial charge on any atom is 0.103 e. The molecule has 3 rings (SSSR count). The van der Waals surface area contributed by atoms with E-state index in [2.05, 4.69) is 31.2 Å². The molecule has 1 aromatic heterocycles.